The minimum Gasteiger partial charge on any atom is -0.382 e. The first-order chi connectivity index (χ1) is 14.5. The lowest BCUT2D eigenvalue weighted by atomic mass is 10.1. The first-order valence-corrected chi connectivity index (χ1v) is 10.3. The van der Waals surface area contributed by atoms with Gasteiger partial charge in [-0.2, -0.15) is 10.1 Å². The SMILES string of the molecule is CCCCC=NNC(=O)c1ccc(N2CCN(c3c(C)nc(N)nc3N)CC2)cc1. The second-order valence-electron chi connectivity index (χ2n) is 7.32. The number of nitrogens with one attached hydrogen (secondary N) is 1. The van der Waals surface area contributed by atoms with Crippen LogP contribution in [0.25, 0.3) is 0 Å². The second-order valence-corrected chi connectivity index (χ2v) is 7.32. The van der Waals surface area contributed by atoms with Crippen molar-refractivity contribution in [1.29, 1.82) is 0 Å². The third-order valence-electron chi connectivity index (χ3n) is 5.14. The van der Waals surface area contributed by atoms with Gasteiger partial charge >= 0.3 is 0 Å². The smallest absolute Gasteiger partial charge is 0.271 e. The first kappa shape index (κ1) is 21.4. The molecule has 0 unspecified atom stereocenters. The van der Waals surface area contributed by atoms with Crippen molar-refractivity contribution in [2.75, 3.05) is 47.4 Å². The Labute approximate surface area is 177 Å². The van der Waals surface area contributed by atoms with Crippen molar-refractivity contribution in [2.24, 2.45) is 5.10 Å². The van der Waals surface area contributed by atoms with E-state index in [9.17, 15) is 4.79 Å². The van der Waals surface area contributed by atoms with Crippen molar-refractivity contribution in [3.63, 3.8) is 0 Å². The quantitative estimate of drug-likeness (QED) is 0.363. The number of aryl methyl sites for hydroxylation is 1. The zero-order valence-electron chi connectivity index (χ0n) is 17.6. The van der Waals surface area contributed by atoms with Crippen molar-refractivity contribution in [1.82, 2.24) is 15.4 Å². The Kier molecular flexibility index (Phi) is 7.05. The fraction of sp³-hybridized carbons (Fsp3) is 0.429. The van der Waals surface area contributed by atoms with E-state index in [4.69, 9.17) is 11.5 Å². The van der Waals surface area contributed by atoms with E-state index in [0.29, 0.717) is 11.4 Å². The fourth-order valence-corrected chi connectivity index (χ4v) is 3.54. The molecule has 5 N–H and O–H groups in total. The van der Waals surface area contributed by atoms with Crippen LogP contribution in [-0.2, 0) is 0 Å². The molecule has 9 heteroatoms. The molecule has 30 heavy (non-hydrogen) atoms. The predicted molar refractivity (Wildman–Crippen MR) is 122 cm³/mol. The van der Waals surface area contributed by atoms with E-state index in [1.807, 2.05) is 31.2 Å². The van der Waals surface area contributed by atoms with Crippen LogP contribution < -0.4 is 26.7 Å². The summed E-state index contributed by atoms with van der Waals surface area (Å²) in [6.45, 7) is 7.28. The van der Waals surface area contributed by atoms with Crippen LogP contribution in [0.1, 0.15) is 42.2 Å². The number of hydrogen-bond donors (Lipinski definition) is 3. The molecule has 0 saturated carbocycles. The number of nitrogen functional groups attached to an aromatic ring is 2. The average molecular weight is 411 g/mol. The molecule has 3 rings (SSSR count). The molecule has 0 spiro atoms. The number of benzene rings is 1. The van der Waals surface area contributed by atoms with Gasteiger partial charge in [-0.25, -0.2) is 10.4 Å². The van der Waals surface area contributed by atoms with Gasteiger partial charge in [0.1, 0.15) is 5.69 Å². The van der Waals surface area contributed by atoms with Crippen LogP contribution in [0.5, 0.6) is 0 Å². The minimum absolute atomic E-state index is 0.197. The van der Waals surface area contributed by atoms with Gasteiger partial charge < -0.3 is 21.3 Å². The highest BCUT2D eigenvalue weighted by molar-refractivity contribution is 5.94. The van der Waals surface area contributed by atoms with Crippen LogP contribution in [0.15, 0.2) is 29.4 Å². The number of hydrogen-bond acceptors (Lipinski definition) is 8. The number of carbonyl (C=O) groups is 1. The van der Waals surface area contributed by atoms with Gasteiger partial charge in [0.2, 0.25) is 5.95 Å². The van der Waals surface area contributed by atoms with Gasteiger partial charge in [-0.15, -0.1) is 0 Å². The summed E-state index contributed by atoms with van der Waals surface area (Å²) in [5.74, 6) is 0.415. The number of nitrogens with two attached hydrogens (primary N) is 2. The number of amides is 1. The summed E-state index contributed by atoms with van der Waals surface area (Å²) in [7, 11) is 0. The van der Waals surface area contributed by atoms with Crippen molar-refractivity contribution in [2.45, 2.75) is 33.1 Å². The Morgan fingerprint density at radius 1 is 1.13 bits per heavy atom. The summed E-state index contributed by atoms with van der Waals surface area (Å²) in [4.78, 5) is 25.0. The molecule has 0 bridgehead atoms. The summed E-state index contributed by atoms with van der Waals surface area (Å²) < 4.78 is 0. The minimum atomic E-state index is -0.201. The van der Waals surface area contributed by atoms with Crippen LogP contribution in [0, 0.1) is 6.92 Å². The van der Waals surface area contributed by atoms with E-state index in [2.05, 4.69) is 37.2 Å². The molecule has 0 radical (unpaired) electrons. The van der Waals surface area contributed by atoms with Gasteiger partial charge in [0.15, 0.2) is 5.82 Å². The predicted octanol–water partition coefficient (Wildman–Crippen LogP) is 2.18. The third-order valence-corrected chi connectivity index (χ3v) is 5.14. The zero-order chi connectivity index (χ0) is 21.5. The first-order valence-electron chi connectivity index (χ1n) is 10.3. The monoisotopic (exact) mass is 410 g/mol. The maximum absolute atomic E-state index is 12.2. The zero-order valence-corrected chi connectivity index (χ0v) is 17.6. The van der Waals surface area contributed by atoms with Crippen LogP contribution in [0.4, 0.5) is 23.1 Å². The van der Waals surface area contributed by atoms with E-state index in [0.717, 1.165) is 62.5 Å². The Morgan fingerprint density at radius 3 is 2.43 bits per heavy atom. The van der Waals surface area contributed by atoms with E-state index in [1.165, 1.54) is 0 Å². The normalized spacial score (nSPS) is 14.3. The summed E-state index contributed by atoms with van der Waals surface area (Å²) in [6.07, 6.45) is 4.79. The van der Waals surface area contributed by atoms with E-state index < -0.39 is 0 Å². The van der Waals surface area contributed by atoms with Crippen molar-refractivity contribution >= 4 is 35.3 Å². The number of hydrazone groups is 1. The summed E-state index contributed by atoms with van der Waals surface area (Å²) in [6, 6.07) is 7.59. The standard InChI is InChI=1S/C21H30N8O/c1-3-4-5-10-24-27-20(30)16-6-8-17(9-7-16)28-11-13-29(14-12-28)18-15(2)25-21(23)26-19(18)22/h6-10H,3-5,11-14H2,1-2H3,(H,27,30)(H4,22,23,25,26). The largest absolute Gasteiger partial charge is 0.382 e. The molecule has 1 saturated heterocycles. The molecular formula is C21H30N8O. The number of nitrogens with zero attached hydrogens (tertiary/aromatic N) is 5. The van der Waals surface area contributed by atoms with Gasteiger partial charge in [0.25, 0.3) is 5.91 Å². The highest BCUT2D eigenvalue weighted by Crippen LogP contribution is 2.27. The topological polar surface area (TPSA) is 126 Å². The summed E-state index contributed by atoms with van der Waals surface area (Å²) in [5, 5.41) is 3.99. The number of carbonyl (C=O) groups excluding carboxylic acids is 1. The molecule has 1 amide bonds. The highest BCUT2D eigenvalue weighted by atomic mass is 16.2. The fourth-order valence-electron chi connectivity index (χ4n) is 3.54. The lowest BCUT2D eigenvalue weighted by molar-refractivity contribution is 0.0955. The van der Waals surface area contributed by atoms with E-state index in [-0.39, 0.29) is 11.9 Å². The van der Waals surface area contributed by atoms with Gasteiger partial charge in [0, 0.05) is 43.6 Å². The molecule has 1 aliphatic heterocycles. The summed E-state index contributed by atoms with van der Waals surface area (Å²) >= 11 is 0. The van der Waals surface area contributed by atoms with Crippen LogP contribution in [0.3, 0.4) is 0 Å². The van der Waals surface area contributed by atoms with Crippen molar-refractivity contribution in [3.8, 4) is 0 Å². The summed E-state index contributed by atoms with van der Waals surface area (Å²) in [5.41, 5.74) is 17.6. The second kappa shape index (κ2) is 9.91. The average Bonchev–Trinajstić information content (AvgIpc) is 2.73. The van der Waals surface area contributed by atoms with Gasteiger partial charge in [-0.1, -0.05) is 13.3 Å². The number of rotatable bonds is 7. The number of anilines is 4. The third kappa shape index (κ3) is 5.16. The van der Waals surface area contributed by atoms with Gasteiger partial charge in [-0.3, -0.25) is 4.79 Å². The van der Waals surface area contributed by atoms with Crippen molar-refractivity contribution in [3.05, 3.63) is 35.5 Å². The Hall–Kier alpha value is -3.36. The molecule has 1 aliphatic rings. The van der Waals surface area contributed by atoms with E-state index in [1.54, 1.807) is 6.21 Å². The molecule has 0 aliphatic carbocycles. The maximum atomic E-state index is 12.2. The molecule has 9 nitrogen and oxygen atoms in total. The van der Waals surface area contributed by atoms with Gasteiger partial charge in [-0.05, 0) is 44.0 Å². The van der Waals surface area contributed by atoms with Crippen LogP contribution in [-0.4, -0.2) is 48.3 Å². The number of aromatic nitrogens is 2. The molecule has 1 fully saturated rings. The number of unbranched alkanes of at least 4 members (excludes halogenated alkanes) is 2. The van der Waals surface area contributed by atoms with Crippen molar-refractivity contribution < 1.29 is 4.79 Å². The lowest BCUT2D eigenvalue weighted by Crippen LogP contribution is -2.47. The molecule has 2 heterocycles. The van der Waals surface area contributed by atoms with E-state index >= 15 is 0 Å². The maximum Gasteiger partial charge on any atom is 0.271 e. The van der Waals surface area contributed by atoms with Crippen LogP contribution in [0.2, 0.25) is 0 Å². The number of piperazine rings is 1. The Bertz CT molecular complexity index is 865. The highest BCUT2D eigenvalue weighted by Gasteiger charge is 2.22. The molecular weight excluding hydrogens is 380 g/mol. The molecule has 2 aromatic rings. The van der Waals surface area contributed by atoms with Crippen LogP contribution >= 0.6 is 0 Å². The molecule has 1 aromatic carbocycles. The Morgan fingerprint density at radius 2 is 1.80 bits per heavy atom. The molecule has 1 aromatic heterocycles. The van der Waals surface area contributed by atoms with Gasteiger partial charge in [0.05, 0.1) is 5.69 Å². The lowest BCUT2D eigenvalue weighted by Gasteiger charge is -2.38. The Balaban J connectivity index is 1.56. The molecule has 0 atom stereocenters. The molecule has 160 valence electrons.